The van der Waals surface area contributed by atoms with Crippen molar-refractivity contribution in [3.05, 3.63) is 62.8 Å². The Morgan fingerprint density at radius 1 is 0.438 bits per heavy atom. The quantitative estimate of drug-likeness (QED) is 0.273. The molecule has 0 aliphatic heterocycles. The summed E-state index contributed by atoms with van der Waals surface area (Å²) in [5.41, 5.74) is -6.60. The molecule has 0 unspecified atom stereocenters. The smallest absolute Gasteiger partial charge is 0.542 e. The Morgan fingerprint density at radius 3 is 0.844 bits per heavy atom. The second-order valence-corrected chi connectivity index (χ2v) is 7.64. The van der Waals surface area contributed by atoms with Crippen LogP contribution in [-0.4, -0.2) is 0 Å². The SMILES string of the molecule is FC(F)(F)c1cc(S[N-]Sc2cc(C(F)(F)F)cc(C(F)(F)F)c2)cc(C(F)(F)F)c1.[K+]. The second kappa shape index (κ2) is 10.7. The largest absolute Gasteiger partial charge is 1.00 e. The van der Waals surface area contributed by atoms with Gasteiger partial charge in [0.25, 0.3) is 0 Å². The summed E-state index contributed by atoms with van der Waals surface area (Å²) in [6.07, 6.45) is -20.5. The van der Waals surface area contributed by atoms with Crippen molar-refractivity contribution >= 4 is 23.9 Å². The molecule has 0 spiro atoms. The fraction of sp³-hybridized carbons (Fsp3) is 0.250. The second-order valence-electron chi connectivity index (χ2n) is 5.74. The number of hydrogen-bond donors (Lipinski definition) is 0. The van der Waals surface area contributed by atoms with Gasteiger partial charge in [0.05, 0.1) is 22.3 Å². The Morgan fingerprint density at radius 2 is 0.656 bits per heavy atom. The zero-order chi connectivity index (χ0) is 23.8. The average Bonchev–Trinajstić information content (AvgIpc) is 2.58. The fourth-order valence-corrected chi connectivity index (χ4v) is 3.62. The molecule has 2 aromatic rings. The van der Waals surface area contributed by atoms with E-state index in [0.29, 0.717) is 24.3 Å². The molecule has 0 atom stereocenters. The van der Waals surface area contributed by atoms with Crippen LogP contribution in [0.5, 0.6) is 0 Å². The Bertz CT molecular complexity index is 795. The first-order chi connectivity index (χ1) is 13.9. The van der Waals surface area contributed by atoms with Crippen LogP contribution in [0.1, 0.15) is 22.3 Å². The van der Waals surface area contributed by atoms with Gasteiger partial charge >= 0.3 is 76.1 Å². The molecule has 0 aromatic heterocycles. The van der Waals surface area contributed by atoms with E-state index in [0.717, 1.165) is 0 Å². The summed E-state index contributed by atoms with van der Waals surface area (Å²) in [6, 6.07) is 0.988. The minimum Gasteiger partial charge on any atom is -0.542 e. The first-order valence-corrected chi connectivity index (χ1v) is 9.05. The summed E-state index contributed by atoms with van der Waals surface area (Å²) in [5, 5.41) is 0. The summed E-state index contributed by atoms with van der Waals surface area (Å²) < 4.78 is 157. The zero-order valence-corrected chi connectivity index (χ0v) is 20.0. The number of alkyl halides is 12. The number of benzene rings is 2. The Kier molecular flexibility index (Phi) is 9.97. The first kappa shape index (κ1) is 29.9. The van der Waals surface area contributed by atoms with E-state index in [1.54, 1.807) is 0 Å². The predicted molar refractivity (Wildman–Crippen MR) is 88.0 cm³/mol. The van der Waals surface area contributed by atoms with Gasteiger partial charge in [-0.15, -0.1) is 0 Å². The van der Waals surface area contributed by atoms with E-state index < -0.39 is 56.7 Å². The molecule has 2 aromatic carbocycles. The number of halogens is 12. The van der Waals surface area contributed by atoms with Crippen molar-refractivity contribution in [1.82, 2.24) is 0 Å². The Balaban J connectivity index is 0.00000512. The Hall–Kier alpha value is -0.104. The average molecular weight is 543 g/mol. The van der Waals surface area contributed by atoms with Crippen LogP contribution in [0.25, 0.3) is 4.13 Å². The summed E-state index contributed by atoms with van der Waals surface area (Å²) in [6.45, 7) is 0. The molecule has 0 saturated carbocycles. The normalized spacial score (nSPS) is 13.1. The maximum atomic E-state index is 12.8. The summed E-state index contributed by atoms with van der Waals surface area (Å²) in [4.78, 5) is -1.34. The van der Waals surface area contributed by atoms with Gasteiger partial charge in [-0.25, -0.2) is 23.9 Å². The first-order valence-electron chi connectivity index (χ1n) is 7.51. The molecule has 0 amide bonds. The van der Waals surface area contributed by atoms with Gasteiger partial charge in [0.15, 0.2) is 0 Å². The van der Waals surface area contributed by atoms with Gasteiger partial charge in [0.1, 0.15) is 0 Å². The van der Waals surface area contributed by atoms with E-state index in [-0.39, 0.29) is 87.4 Å². The topological polar surface area (TPSA) is 14.1 Å². The van der Waals surface area contributed by atoms with Crippen LogP contribution in [0.4, 0.5) is 52.7 Å². The van der Waals surface area contributed by atoms with Crippen LogP contribution in [0.15, 0.2) is 46.2 Å². The molecule has 0 N–H and O–H groups in total. The van der Waals surface area contributed by atoms with Gasteiger partial charge in [-0.3, -0.25) is 0 Å². The van der Waals surface area contributed by atoms with Gasteiger partial charge in [0.2, 0.25) is 0 Å². The molecule has 1 nitrogen and oxygen atoms in total. The molecular formula is C16H6F12KNS2. The summed E-state index contributed by atoms with van der Waals surface area (Å²) in [7, 11) is 0. The molecule has 0 saturated heterocycles. The van der Waals surface area contributed by atoms with Crippen LogP contribution in [0.3, 0.4) is 0 Å². The molecule has 0 heterocycles. The van der Waals surface area contributed by atoms with Crippen molar-refractivity contribution in [2.75, 3.05) is 0 Å². The molecule has 0 radical (unpaired) electrons. The van der Waals surface area contributed by atoms with Crippen LogP contribution in [0.2, 0.25) is 0 Å². The van der Waals surface area contributed by atoms with E-state index in [9.17, 15) is 52.7 Å². The summed E-state index contributed by atoms with van der Waals surface area (Å²) >= 11 is 0.0560. The van der Waals surface area contributed by atoms with Crippen LogP contribution < -0.4 is 51.4 Å². The van der Waals surface area contributed by atoms with E-state index >= 15 is 0 Å². The van der Waals surface area contributed by atoms with Crippen LogP contribution in [0, 0.1) is 0 Å². The molecule has 2 rings (SSSR count). The van der Waals surface area contributed by atoms with Gasteiger partial charge < -0.3 is 4.13 Å². The zero-order valence-electron chi connectivity index (χ0n) is 15.3. The molecule has 32 heavy (non-hydrogen) atoms. The van der Waals surface area contributed by atoms with Crippen molar-refractivity contribution in [1.29, 1.82) is 0 Å². The Labute approximate surface area is 223 Å². The third kappa shape index (κ3) is 8.59. The molecule has 172 valence electrons. The number of nitrogens with zero attached hydrogens (tertiary/aromatic N) is 1. The van der Waals surface area contributed by atoms with Gasteiger partial charge in [-0.05, 0) is 46.2 Å². The fourth-order valence-electron chi connectivity index (χ4n) is 2.06. The monoisotopic (exact) mass is 543 g/mol. The van der Waals surface area contributed by atoms with Crippen molar-refractivity contribution < 1.29 is 104 Å². The molecule has 0 aliphatic rings. The third-order valence-corrected chi connectivity index (χ3v) is 4.90. The van der Waals surface area contributed by atoms with Crippen LogP contribution >= 0.6 is 23.9 Å². The standard InChI is InChI=1S/C16H6F12NS2.K/c17-13(18,19)7-1-8(14(20,21)22)4-11(3-7)30-29-31-12-5-9(15(23,24)25)2-10(6-12)16(26,27)28;/h1-6H;/q-1;+1. The van der Waals surface area contributed by atoms with Gasteiger partial charge in [0, 0.05) is 0 Å². The van der Waals surface area contributed by atoms with Crippen molar-refractivity contribution in [2.45, 2.75) is 34.5 Å². The third-order valence-electron chi connectivity index (χ3n) is 3.41. The predicted octanol–water partition coefficient (Wildman–Crippen LogP) is 5.85. The summed E-state index contributed by atoms with van der Waals surface area (Å²) in [5.74, 6) is 0. The molecule has 0 aliphatic carbocycles. The minimum atomic E-state index is -5.13. The van der Waals surface area contributed by atoms with E-state index in [1.807, 2.05) is 0 Å². The van der Waals surface area contributed by atoms with E-state index in [2.05, 4.69) is 4.13 Å². The maximum absolute atomic E-state index is 12.8. The number of hydrogen-bond acceptors (Lipinski definition) is 2. The molecule has 0 fully saturated rings. The van der Waals surface area contributed by atoms with Crippen molar-refractivity contribution in [3.8, 4) is 0 Å². The van der Waals surface area contributed by atoms with Crippen molar-refractivity contribution in [2.24, 2.45) is 0 Å². The molecule has 0 bridgehead atoms. The van der Waals surface area contributed by atoms with E-state index in [4.69, 9.17) is 0 Å². The maximum Gasteiger partial charge on any atom is 1.00 e. The van der Waals surface area contributed by atoms with E-state index in [1.165, 1.54) is 0 Å². The molecule has 16 heteroatoms. The van der Waals surface area contributed by atoms with Gasteiger partial charge in [-0.1, -0.05) is 0 Å². The van der Waals surface area contributed by atoms with Crippen LogP contribution in [-0.2, 0) is 24.7 Å². The minimum absolute atomic E-state index is 0. The number of rotatable bonds is 4. The van der Waals surface area contributed by atoms with Gasteiger partial charge in [-0.2, -0.15) is 52.7 Å². The van der Waals surface area contributed by atoms with Crippen molar-refractivity contribution in [3.63, 3.8) is 0 Å². The molecular weight excluding hydrogens is 537 g/mol.